The molecule has 7 rings (SSSR count). The van der Waals surface area contributed by atoms with E-state index in [-0.39, 0.29) is 41.5 Å². The molecule has 4 saturated carbocycles. The van der Waals surface area contributed by atoms with Gasteiger partial charge in [0.1, 0.15) is 18.0 Å². The molecule has 0 saturated heterocycles. The van der Waals surface area contributed by atoms with Gasteiger partial charge in [-0.2, -0.15) is 0 Å². The number of hydrogen-bond donors (Lipinski definition) is 3. The summed E-state index contributed by atoms with van der Waals surface area (Å²) in [6, 6.07) is 13.0. The van der Waals surface area contributed by atoms with Crippen molar-refractivity contribution in [3.05, 3.63) is 53.6 Å². The third kappa shape index (κ3) is 3.99. The molecule has 3 N–H and O–H groups in total. The van der Waals surface area contributed by atoms with Crippen molar-refractivity contribution in [2.75, 3.05) is 6.61 Å². The first-order valence-electron chi connectivity index (χ1n) is 14.9. The third-order valence-electron chi connectivity index (χ3n) is 11.7. The van der Waals surface area contributed by atoms with E-state index in [2.05, 4.69) is 55.5 Å². The van der Waals surface area contributed by atoms with Gasteiger partial charge in [0.25, 0.3) is 0 Å². The summed E-state index contributed by atoms with van der Waals surface area (Å²) in [7, 11) is 0. The Bertz CT molecular complexity index is 1320. The molecule has 0 amide bonds. The zero-order valence-corrected chi connectivity index (χ0v) is 23.2. The highest BCUT2D eigenvalue weighted by Crippen LogP contribution is 2.67. The third-order valence-corrected chi connectivity index (χ3v) is 11.7. The Balaban J connectivity index is 0.000000176. The fourth-order valence-electron chi connectivity index (χ4n) is 9.71. The molecule has 208 valence electrons. The standard InChI is InChI=1S/C21H32O5.C13H10/c1-19-7-5-13(23)9-12(19)3-4-14-15-6-8-21(26,17(25)11-22)20(15,2)10-16(24)18(14)19;1-4-10-6-2-8-12-9-3-7-11(5-1)13(10)12/h12-15,18,22-23,26H,3-11H2,1-2H3;1-8H,9H2/t12-,13-,14+,15+,18-,19+,20+,21+;/m1./s1. The summed E-state index contributed by atoms with van der Waals surface area (Å²) >= 11 is 0. The van der Waals surface area contributed by atoms with Crippen LogP contribution < -0.4 is 0 Å². The fourth-order valence-corrected chi connectivity index (χ4v) is 9.71. The van der Waals surface area contributed by atoms with Crippen molar-refractivity contribution >= 4 is 28.4 Å². The Morgan fingerprint density at radius 2 is 1.79 bits per heavy atom. The number of hydrogen-bond acceptors (Lipinski definition) is 5. The number of fused-ring (bicyclic) bond motifs is 5. The largest absolute Gasteiger partial charge is 0.393 e. The Labute approximate surface area is 231 Å². The van der Waals surface area contributed by atoms with E-state index >= 15 is 0 Å². The second-order valence-electron chi connectivity index (χ2n) is 13.5. The summed E-state index contributed by atoms with van der Waals surface area (Å²) in [5, 5.41) is 33.4. The zero-order chi connectivity index (χ0) is 27.6. The van der Waals surface area contributed by atoms with Crippen molar-refractivity contribution in [2.45, 2.75) is 83.3 Å². The lowest BCUT2D eigenvalue weighted by molar-refractivity contribution is -0.180. The first-order chi connectivity index (χ1) is 18.6. The van der Waals surface area contributed by atoms with Gasteiger partial charge in [0.05, 0.1) is 6.10 Å². The van der Waals surface area contributed by atoms with E-state index < -0.39 is 23.4 Å². The number of carbonyl (C=O) groups excluding carboxylic acids is 2. The zero-order valence-electron chi connectivity index (χ0n) is 23.2. The molecule has 8 atom stereocenters. The highest BCUT2D eigenvalue weighted by atomic mass is 16.3. The lowest BCUT2D eigenvalue weighted by Crippen LogP contribution is -2.62. The van der Waals surface area contributed by atoms with E-state index in [0.717, 1.165) is 44.9 Å². The van der Waals surface area contributed by atoms with Crippen LogP contribution in [0.1, 0.15) is 76.3 Å². The molecule has 5 aliphatic carbocycles. The molecule has 0 aliphatic heterocycles. The van der Waals surface area contributed by atoms with Crippen LogP contribution in [-0.2, 0) is 16.0 Å². The van der Waals surface area contributed by atoms with E-state index in [1.807, 2.05) is 6.92 Å². The molecule has 0 bridgehead atoms. The van der Waals surface area contributed by atoms with Gasteiger partial charge in [-0.3, -0.25) is 9.59 Å². The average Bonchev–Trinajstić information content (AvgIpc) is 3.20. The van der Waals surface area contributed by atoms with Crippen LogP contribution in [0.4, 0.5) is 0 Å². The van der Waals surface area contributed by atoms with Crippen LogP contribution in [0.2, 0.25) is 0 Å². The van der Waals surface area contributed by atoms with Crippen molar-refractivity contribution in [1.82, 2.24) is 0 Å². The van der Waals surface area contributed by atoms with Gasteiger partial charge in [0.2, 0.25) is 0 Å². The Morgan fingerprint density at radius 3 is 2.56 bits per heavy atom. The van der Waals surface area contributed by atoms with Crippen LogP contribution in [-0.4, -0.2) is 45.2 Å². The minimum absolute atomic E-state index is 0.0154. The number of benzene rings is 2. The number of aliphatic hydroxyl groups is 3. The van der Waals surface area contributed by atoms with Gasteiger partial charge >= 0.3 is 0 Å². The predicted octanol–water partition coefficient (Wildman–Crippen LogP) is 5.27. The molecule has 5 aliphatic rings. The normalized spacial score (nSPS) is 40.2. The topological polar surface area (TPSA) is 94.8 Å². The summed E-state index contributed by atoms with van der Waals surface area (Å²) in [5.74, 6) is 0.380. The van der Waals surface area contributed by atoms with Crippen LogP contribution in [0.3, 0.4) is 0 Å². The molecular formula is C34H42O5. The minimum Gasteiger partial charge on any atom is -0.393 e. The van der Waals surface area contributed by atoms with Gasteiger partial charge in [-0.1, -0.05) is 62.4 Å². The molecular weight excluding hydrogens is 488 g/mol. The average molecular weight is 531 g/mol. The second kappa shape index (κ2) is 9.64. The number of aliphatic hydroxyl groups excluding tert-OH is 2. The number of carbonyl (C=O) groups is 2. The van der Waals surface area contributed by atoms with Crippen LogP contribution in [0.5, 0.6) is 0 Å². The molecule has 0 radical (unpaired) electrons. The Morgan fingerprint density at radius 1 is 1.03 bits per heavy atom. The quantitative estimate of drug-likeness (QED) is 0.492. The van der Waals surface area contributed by atoms with Gasteiger partial charge in [-0.15, -0.1) is 0 Å². The van der Waals surface area contributed by atoms with E-state index in [0.29, 0.717) is 12.3 Å². The molecule has 2 aromatic carbocycles. The van der Waals surface area contributed by atoms with Crippen LogP contribution in [0.25, 0.3) is 16.8 Å². The van der Waals surface area contributed by atoms with Crippen LogP contribution in [0, 0.1) is 34.5 Å². The number of rotatable bonds is 2. The fraction of sp³-hybridized carbons (Fsp3) is 0.588. The van der Waals surface area contributed by atoms with Crippen LogP contribution >= 0.6 is 0 Å². The van der Waals surface area contributed by atoms with Crippen molar-refractivity contribution in [3.63, 3.8) is 0 Å². The lowest BCUT2D eigenvalue weighted by Gasteiger charge is -2.60. The maximum Gasteiger partial charge on any atom is 0.190 e. The molecule has 0 heterocycles. The summed E-state index contributed by atoms with van der Waals surface area (Å²) in [4.78, 5) is 25.7. The van der Waals surface area contributed by atoms with Crippen molar-refractivity contribution < 1.29 is 24.9 Å². The maximum atomic E-state index is 13.4. The van der Waals surface area contributed by atoms with Gasteiger partial charge in [-0.25, -0.2) is 0 Å². The lowest BCUT2D eigenvalue weighted by atomic mass is 9.44. The van der Waals surface area contributed by atoms with Gasteiger partial charge in [-0.05, 0) is 96.4 Å². The molecule has 39 heavy (non-hydrogen) atoms. The maximum absolute atomic E-state index is 13.4. The molecule has 5 nitrogen and oxygen atoms in total. The van der Waals surface area contributed by atoms with Gasteiger partial charge in [0, 0.05) is 17.8 Å². The summed E-state index contributed by atoms with van der Waals surface area (Å²) in [6.45, 7) is 3.46. The Kier molecular flexibility index (Phi) is 6.64. The molecule has 0 unspecified atom stereocenters. The number of ketones is 2. The molecule has 5 heteroatoms. The van der Waals surface area contributed by atoms with E-state index in [1.54, 1.807) is 0 Å². The Hall–Kier alpha value is -2.34. The van der Waals surface area contributed by atoms with Crippen molar-refractivity contribution in [1.29, 1.82) is 0 Å². The summed E-state index contributed by atoms with van der Waals surface area (Å²) < 4.78 is 0. The van der Waals surface area contributed by atoms with E-state index in [1.165, 1.54) is 21.9 Å². The van der Waals surface area contributed by atoms with Gasteiger partial charge < -0.3 is 15.3 Å². The first kappa shape index (κ1) is 26.9. The van der Waals surface area contributed by atoms with E-state index in [4.69, 9.17) is 0 Å². The van der Waals surface area contributed by atoms with Crippen molar-refractivity contribution in [2.24, 2.45) is 34.5 Å². The smallest absolute Gasteiger partial charge is 0.190 e. The molecule has 2 aromatic rings. The monoisotopic (exact) mass is 530 g/mol. The number of allylic oxidation sites excluding steroid dienone is 1. The predicted molar refractivity (Wildman–Crippen MR) is 152 cm³/mol. The second-order valence-corrected chi connectivity index (χ2v) is 13.5. The van der Waals surface area contributed by atoms with Gasteiger partial charge in [0.15, 0.2) is 5.78 Å². The minimum atomic E-state index is -1.58. The molecule has 0 aromatic heterocycles. The highest BCUT2D eigenvalue weighted by Gasteiger charge is 2.68. The van der Waals surface area contributed by atoms with Crippen molar-refractivity contribution in [3.8, 4) is 0 Å². The summed E-state index contributed by atoms with van der Waals surface area (Å²) in [5.41, 5.74) is 0.410. The summed E-state index contributed by atoms with van der Waals surface area (Å²) in [6.07, 6.45) is 11.0. The van der Waals surface area contributed by atoms with Crippen LogP contribution in [0.15, 0.2) is 42.5 Å². The molecule has 0 spiro atoms. The van der Waals surface area contributed by atoms with E-state index in [9.17, 15) is 24.9 Å². The highest BCUT2D eigenvalue weighted by molar-refractivity contribution is 5.95. The first-order valence-corrected chi connectivity index (χ1v) is 14.9. The SMILES string of the molecule is C1=Cc2cccc3cccc(c23)C1.C[C@]12CC[C@@H](O)C[C@H]1CC[C@@H]1[C@@H]2C(=O)C[C@@]2(C)[C@H]1CC[C@]2(O)C(=O)CO. The number of Topliss-reactive ketones (excluding diaryl/α,β-unsaturated/α-hetero) is 2. The molecule has 4 fully saturated rings.